The SMILES string of the molecule is CNC(C)(C)c1ccc([N+](=O)[O-])cc1OC. The third-order valence-corrected chi connectivity index (χ3v) is 2.69. The average Bonchev–Trinajstić information content (AvgIpc) is 2.28. The largest absolute Gasteiger partial charge is 0.496 e. The summed E-state index contributed by atoms with van der Waals surface area (Å²) in [7, 11) is 3.34. The van der Waals surface area contributed by atoms with Crippen LogP contribution in [0.2, 0.25) is 0 Å². The number of nitrogens with zero attached hydrogens (tertiary/aromatic N) is 1. The lowest BCUT2D eigenvalue weighted by Crippen LogP contribution is -2.33. The zero-order chi connectivity index (χ0) is 12.3. The molecular weight excluding hydrogens is 208 g/mol. The fraction of sp³-hybridized carbons (Fsp3) is 0.455. The van der Waals surface area contributed by atoms with E-state index in [1.54, 1.807) is 6.07 Å². The molecule has 0 fully saturated rings. The summed E-state index contributed by atoms with van der Waals surface area (Å²) >= 11 is 0. The molecule has 0 aliphatic rings. The van der Waals surface area contributed by atoms with Crippen LogP contribution in [0.25, 0.3) is 0 Å². The van der Waals surface area contributed by atoms with E-state index in [1.807, 2.05) is 20.9 Å². The van der Waals surface area contributed by atoms with E-state index in [4.69, 9.17) is 4.74 Å². The van der Waals surface area contributed by atoms with Gasteiger partial charge in [0.1, 0.15) is 5.75 Å². The highest BCUT2D eigenvalue weighted by Crippen LogP contribution is 2.32. The molecule has 1 aromatic carbocycles. The van der Waals surface area contributed by atoms with Gasteiger partial charge in [-0.05, 0) is 27.0 Å². The predicted octanol–water partition coefficient (Wildman–Crippen LogP) is 2.06. The van der Waals surface area contributed by atoms with Crippen molar-refractivity contribution < 1.29 is 9.66 Å². The van der Waals surface area contributed by atoms with Crippen LogP contribution in [-0.2, 0) is 5.54 Å². The smallest absolute Gasteiger partial charge is 0.273 e. The number of nitrogens with one attached hydrogen (secondary N) is 1. The van der Waals surface area contributed by atoms with E-state index in [-0.39, 0.29) is 11.2 Å². The molecule has 0 radical (unpaired) electrons. The summed E-state index contributed by atoms with van der Waals surface area (Å²) in [5.74, 6) is 0.522. The molecule has 0 aliphatic carbocycles. The molecule has 1 aromatic rings. The van der Waals surface area contributed by atoms with Crippen molar-refractivity contribution in [3.05, 3.63) is 33.9 Å². The molecule has 0 unspecified atom stereocenters. The van der Waals surface area contributed by atoms with Crippen molar-refractivity contribution in [3.63, 3.8) is 0 Å². The van der Waals surface area contributed by atoms with Crippen molar-refractivity contribution >= 4 is 5.69 Å². The molecule has 0 amide bonds. The molecule has 88 valence electrons. The van der Waals surface area contributed by atoms with Crippen molar-refractivity contribution in [2.24, 2.45) is 0 Å². The van der Waals surface area contributed by atoms with Crippen LogP contribution in [0.1, 0.15) is 19.4 Å². The van der Waals surface area contributed by atoms with Crippen LogP contribution in [0.4, 0.5) is 5.69 Å². The number of non-ortho nitro benzene ring substituents is 1. The van der Waals surface area contributed by atoms with Gasteiger partial charge in [-0.2, -0.15) is 0 Å². The molecule has 0 heterocycles. The lowest BCUT2D eigenvalue weighted by molar-refractivity contribution is -0.384. The molecule has 0 bridgehead atoms. The molecule has 5 nitrogen and oxygen atoms in total. The van der Waals surface area contributed by atoms with Gasteiger partial charge in [0.25, 0.3) is 5.69 Å². The number of methoxy groups -OCH3 is 1. The highest BCUT2D eigenvalue weighted by Gasteiger charge is 2.23. The summed E-state index contributed by atoms with van der Waals surface area (Å²) in [5, 5.41) is 13.8. The van der Waals surface area contributed by atoms with Gasteiger partial charge in [0.15, 0.2) is 0 Å². The second kappa shape index (κ2) is 4.49. The predicted molar refractivity (Wildman–Crippen MR) is 61.7 cm³/mol. The monoisotopic (exact) mass is 224 g/mol. The van der Waals surface area contributed by atoms with Crippen molar-refractivity contribution in [2.75, 3.05) is 14.2 Å². The van der Waals surface area contributed by atoms with E-state index in [2.05, 4.69) is 5.32 Å². The Morgan fingerprint density at radius 2 is 2.06 bits per heavy atom. The number of nitro benzene ring substituents is 1. The number of rotatable bonds is 4. The third-order valence-electron chi connectivity index (χ3n) is 2.69. The zero-order valence-electron chi connectivity index (χ0n) is 9.90. The molecule has 0 aliphatic heterocycles. The first-order valence-corrected chi connectivity index (χ1v) is 4.94. The molecule has 16 heavy (non-hydrogen) atoms. The maximum absolute atomic E-state index is 10.6. The van der Waals surface area contributed by atoms with Crippen LogP contribution in [0.3, 0.4) is 0 Å². The Morgan fingerprint density at radius 1 is 1.44 bits per heavy atom. The van der Waals surface area contributed by atoms with Crippen LogP contribution in [0.5, 0.6) is 5.75 Å². The standard InChI is InChI=1S/C11H16N2O3/c1-11(2,12-3)9-6-5-8(13(14)15)7-10(9)16-4/h5-7,12H,1-4H3. The number of benzene rings is 1. The van der Waals surface area contributed by atoms with Gasteiger partial charge in [0.05, 0.1) is 18.1 Å². The van der Waals surface area contributed by atoms with E-state index in [0.717, 1.165) is 5.56 Å². The highest BCUT2D eigenvalue weighted by atomic mass is 16.6. The van der Waals surface area contributed by atoms with E-state index < -0.39 is 4.92 Å². The maximum Gasteiger partial charge on any atom is 0.273 e. The van der Waals surface area contributed by atoms with E-state index in [1.165, 1.54) is 19.2 Å². The topological polar surface area (TPSA) is 64.4 Å². The Morgan fingerprint density at radius 3 is 2.50 bits per heavy atom. The van der Waals surface area contributed by atoms with Gasteiger partial charge >= 0.3 is 0 Å². The third kappa shape index (κ3) is 2.30. The normalized spacial score (nSPS) is 11.2. The van der Waals surface area contributed by atoms with Gasteiger partial charge in [-0.1, -0.05) is 0 Å². The molecule has 0 atom stereocenters. The lowest BCUT2D eigenvalue weighted by atomic mass is 9.93. The summed E-state index contributed by atoms with van der Waals surface area (Å²) < 4.78 is 5.18. The van der Waals surface area contributed by atoms with E-state index in [9.17, 15) is 10.1 Å². The minimum Gasteiger partial charge on any atom is -0.496 e. The van der Waals surface area contributed by atoms with Gasteiger partial charge in [0.2, 0.25) is 0 Å². The fourth-order valence-electron chi connectivity index (χ4n) is 1.44. The van der Waals surface area contributed by atoms with E-state index in [0.29, 0.717) is 5.75 Å². The number of hydrogen-bond donors (Lipinski definition) is 1. The van der Waals surface area contributed by atoms with Crippen molar-refractivity contribution in [3.8, 4) is 5.75 Å². The van der Waals surface area contributed by atoms with Crippen LogP contribution >= 0.6 is 0 Å². The molecule has 0 aromatic heterocycles. The van der Waals surface area contributed by atoms with Gasteiger partial charge in [-0.15, -0.1) is 0 Å². The molecular formula is C11H16N2O3. The first-order valence-electron chi connectivity index (χ1n) is 4.94. The van der Waals surface area contributed by atoms with Gasteiger partial charge in [-0.25, -0.2) is 0 Å². The summed E-state index contributed by atoms with van der Waals surface area (Å²) in [5.41, 5.74) is 0.635. The van der Waals surface area contributed by atoms with E-state index >= 15 is 0 Å². The number of hydrogen-bond acceptors (Lipinski definition) is 4. The molecule has 0 spiro atoms. The van der Waals surface area contributed by atoms with Crippen LogP contribution in [-0.4, -0.2) is 19.1 Å². The second-order valence-electron chi connectivity index (χ2n) is 4.02. The Bertz CT molecular complexity index is 402. The summed E-state index contributed by atoms with van der Waals surface area (Å²) in [6, 6.07) is 4.64. The summed E-state index contributed by atoms with van der Waals surface area (Å²) in [4.78, 5) is 10.2. The Labute approximate surface area is 94.6 Å². The van der Waals surface area contributed by atoms with Crippen LogP contribution in [0.15, 0.2) is 18.2 Å². The number of nitro groups is 1. The minimum absolute atomic E-state index is 0.0347. The second-order valence-corrected chi connectivity index (χ2v) is 4.02. The average molecular weight is 224 g/mol. The molecule has 1 N–H and O–H groups in total. The molecule has 0 saturated carbocycles. The van der Waals surface area contributed by atoms with Crippen LogP contribution < -0.4 is 10.1 Å². The lowest BCUT2D eigenvalue weighted by Gasteiger charge is -2.26. The Balaban J connectivity index is 3.27. The minimum atomic E-state index is -0.432. The fourth-order valence-corrected chi connectivity index (χ4v) is 1.44. The maximum atomic E-state index is 10.6. The first kappa shape index (κ1) is 12.4. The molecule has 0 saturated heterocycles. The number of ether oxygens (including phenoxy) is 1. The molecule has 5 heteroatoms. The Hall–Kier alpha value is -1.62. The highest BCUT2D eigenvalue weighted by molar-refractivity contribution is 5.47. The van der Waals surface area contributed by atoms with Crippen molar-refractivity contribution in [1.29, 1.82) is 0 Å². The van der Waals surface area contributed by atoms with Crippen molar-refractivity contribution in [1.82, 2.24) is 5.32 Å². The van der Waals surface area contributed by atoms with Gasteiger partial charge in [0, 0.05) is 17.2 Å². The quantitative estimate of drug-likeness (QED) is 0.628. The van der Waals surface area contributed by atoms with Crippen molar-refractivity contribution in [2.45, 2.75) is 19.4 Å². The first-order chi connectivity index (χ1) is 7.42. The summed E-state index contributed by atoms with van der Waals surface area (Å²) in [6.45, 7) is 3.97. The van der Waals surface area contributed by atoms with Gasteiger partial charge < -0.3 is 10.1 Å². The van der Waals surface area contributed by atoms with Crippen LogP contribution in [0, 0.1) is 10.1 Å². The van der Waals surface area contributed by atoms with Gasteiger partial charge in [-0.3, -0.25) is 10.1 Å². The summed E-state index contributed by atoms with van der Waals surface area (Å²) in [6.07, 6.45) is 0. The Kier molecular flexibility index (Phi) is 3.49. The zero-order valence-corrected chi connectivity index (χ0v) is 9.90. The molecule has 1 rings (SSSR count).